The largest absolute Gasteiger partial charge is 0.326 e. The van der Waals surface area contributed by atoms with Crippen molar-refractivity contribution in [3.63, 3.8) is 0 Å². The van der Waals surface area contributed by atoms with Crippen LogP contribution in [0.2, 0.25) is 0 Å². The molecule has 0 spiro atoms. The van der Waals surface area contributed by atoms with Gasteiger partial charge in [0, 0.05) is 24.2 Å². The van der Waals surface area contributed by atoms with Crippen LogP contribution >= 0.6 is 0 Å². The maximum Gasteiger partial charge on any atom is 0.230 e. The van der Waals surface area contributed by atoms with Crippen molar-refractivity contribution in [2.24, 2.45) is 17.6 Å². The van der Waals surface area contributed by atoms with E-state index in [2.05, 4.69) is 81.4 Å². The van der Waals surface area contributed by atoms with Crippen molar-refractivity contribution in [1.29, 1.82) is 0 Å². The Morgan fingerprint density at radius 3 is 2.34 bits per heavy atom. The summed E-state index contributed by atoms with van der Waals surface area (Å²) in [6.07, 6.45) is 1.92. The zero-order chi connectivity index (χ0) is 22.7. The third-order valence-electron chi connectivity index (χ3n) is 6.90. The lowest BCUT2D eigenvalue weighted by atomic mass is 9.98. The second-order valence-electron chi connectivity index (χ2n) is 9.27. The Balaban J connectivity index is 1.57. The van der Waals surface area contributed by atoms with E-state index in [0.717, 1.165) is 24.1 Å². The molecule has 0 unspecified atom stereocenters. The molecule has 3 heteroatoms. The summed E-state index contributed by atoms with van der Waals surface area (Å²) in [5.74, 6) is 0.909. The van der Waals surface area contributed by atoms with Crippen LogP contribution in [0.3, 0.4) is 0 Å². The van der Waals surface area contributed by atoms with Gasteiger partial charge in [0.1, 0.15) is 0 Å². The summed E-state index contributed by atoms with van der Waals surface area (Å²) in [6, 6.07) is 27.2. The number of hydrogen-bond acceptors (Lipinski definition) is 2. The lowest BCUT2D eigenvalue weighted by Crippen LogP contribution is -2.45. The molecule has 1 fully saturated rings. The molecule has 3 nitrogen and oxygen atoms in total. The monoisotopic (exact) mass is 426 g/mol. The second kappa shape index (κ2) is 9.70. The molecule has 0 aliphatic heterocycles. The molecule has 3 aromatic carbocycles. The van der Waals surface area contributed by atoms with E-state index in [1.54, 1.807) is 0 Å². The Bertz CT molecular complexity index is 1040. The third-order valence-corrected chi connectivity index (χ3v) is 6.90. The molecule has 1 saturated carbocycles. The highest BCUT2D eigenvalue weighted by Crippen LogP contribution is 2.49. The van der Waals surface area contributed by atoms with Crippen molar-refractivity contribution in [3.8, 4) is 11.1 Å². The Morgan fingerprint density at radius 1 is 1.00 bits per heavy atom. The zero-order valence-corrected chi connectivity index (χ0v) is 19.4. The molecule has 0 saturated heterocycles. The smallest absolute Gasteiger partial charge is 0.230 e. The van der Waals surface area contributed by atoms with Crippen LogP contribution in [0.15, 0.2) is 78.9 Å². The first-order valence-corrected chi connectivity index (χ1v) is 11.8. The SMILES string of the molecule is CC[C@H](C)[C@H](N)CN(C(=O)[C@@H]1C[C@H]1c1cccc(C)c1)c1ccc(-c2ccccc2)cc1. The molecule has 166 valence electrons. The first kappa shape index (κ1) is 22.3. The topological polar surface area (TPSA) is 46.3 Å². The minimum Gasteiger partial charge on any atom is -0.326 e. The van der Waals surface area contributed by atoms with E-state index >= 15 is 0 Å². The number of rotatable bonds is 8. The van der Waals surface area contributed by atoms with Crippen molar-refractivity contribution in [2.45, 2.75) is 45.6 Å². The molecular formula is C29H34N2O. The molecule has 0 bridgehead atoms. The van der Waals surface area contributed by atoms with Gasteiger partial charge in [0.2, 0.25) is 5.91 Å². The van der Waals surface area contributed by atoms with Gasteiger partial charge in [-0.1, -0.05) is 92.6 Å². The van der Waals surface area contributed by atoms with Gasteiger partial charge in [0.05, 0.1) is 0 Å². The summed E-state index contributed by atoms with van der Waals surface area (Å²) in [7, 11) is 0. The van der Waals surface area contributed by atoms with E-state index < -0.39 is 0 Å². The van der Waals surface area contributed by atoms with Gasteiger partial charge >= 0.3 is 0 Å². The summed E-state index contributed by atoms with van der Waals surface area (Å²) in [5.41, 5.74) is 12.3. The Morgan fingerprint density at radius 2 is 1.69 bits per heavy atom. The quantitative estimate of drug-likeness (QED) is 0.468. The van der Waals surface area contributed by atoms with Crippen LogP contribution in [-0.2, 0) is 4.79 Å². The minimum absolute atomic E-state index is 0.0368. The van der Waals surface area contributed by atoms with E-state index in [0.29, 0.717) is 18.4 Å². The van der Waals surface area contributed by atoms with Crippen molar-refractivity contribution in [1.82, 2.24) is 0 Å². The Labute approximate surface area is 192 Å². The van der Waals surface area contributed by atoms with Gasteiger partial charge in [-0.15, -0.1) is 0 Å². The summed E-state index contributed by atoms with van der Waals surface area (Å²) < 4.78 is 0. The second-order valence-corrected chi connectivity index (χ2v) is 9.27. The number of nitrogens with zero attached hydrogens (tertiary/aromatic N) is 1. The molecular weight excluding hydrogens is 392 g/mol. The highest BCUT2D eigenvalue weighted by atomic mass is 16.2. The molecule has 1 aliphatic carbocycles. The summed E-state index contributed by atoms with van der Waals surface area (Å²) in [6.45, 7) is 6.97. The van der Waals surface area contributed by atoms with Crippen molar-refractivity contribution in [2.75, 3.05) is 11.4 Å². The molecule has 0 radical (unpaired) electrons. The number of benzene rings is 3. The van der Waals surface area contributed by atoms with Gasteiger partial charge in [-0.25, -0.2) is 0 Å². The van der Waals surface area contributed by atoms with Crippen LogP contribution in [0.5, 0.6) is 0 Å². The van der Waals surface area contributed by atoms with E-state index in [1.807, 2.05) is 23.1 Å². The summed E-state index contributed by atoms with van der Waals surface area (Å²) >= 11 is 0. The van der Waals surface area contributed by atoms with E-state index in [9.17, 15) is 4.79 Å². The number of carbonyl (C=O) groups excluding carboxylic acids is 1. The number of anilines is 1. The van der Waals surface area contributed by atoms with Crippen LogP contribution in [0.25, 0.3) is 11.1 Å². The van der Waals surface area contributed by atoms with Crippen molar-refractivity contribution < 1.29 is 4.79 Å². The summed E-state index contributed by atoms with van der Waals surface area (Å²) in [5, 5.41) is 0. The molecule has 0 heterocycles. The number of hydrogen-bond donors (Lipinski definition) is 1. The van der Waals surface area contributed by atoms with Gasteiger partial charge in [0.25, 0.3) is 0 Å². The van der Waals surface area contributed by atoms with E-state index in [1.165, 1.54) is 16.7 Å². The number of aryl methyl sites for hydroxylation is 1. The molecule has 0 aromatic heterocycles. The van der Waals surface area contributed by atoms with Crippen molar-refractivity contribution >= 4 is 11.6 Å². The molecule has 4 rings (SSSR count). The predicted octanol–water partition coefficient (Wildman–Crippen LogP) is 6.17. The lowest BCUT2D eigenvalue weighted by Gasteiger charge is -2.29. The minimum atomic E-state index is -0.0473. The van der Waals surface area contributed by atoms with Crippen molar-refractivity contribution in [3.05, 3.63) is 90.0 Å². The molecule has 4 atom stereocenters. The predicted molar refractivity (Wildman–Crippen MR) is 134 cm³/mol. The maximum absolute atomic E-state index is 13.6. The average Bonchev–Trinajstić information content (AvgIpc) is 3.63. The third kappa shape index (κ3) is 4.94. The Kier molecular flexibility index (Phi) is 6.76. The van der Waals surface area contributed by atoms with Crippen LogP contribution in [0.4, 0.5) is 5.69 Å². The van der Waals surface area contributed by atoms with E-state index in [-0.39, 0.29) is 17.9 Å². The highest BCUT2D eigenvalue weighted by molar-refractivity contribution is 5.97. The number of carbonyl (C=O) groups is 1. The first-order valence-electron chi connectivity index (χ1n) is 11.8. The first-order chi connectivity index (χ1) is 15.5. The van der Waals surface area contributed by atoms with Gasteiger partial charge < -0.3 is 10.6 Å². The van der Waals surface area contributed by atoms with Crippen LogP contribution < -0.4 is 10.6 Å². The molecule has 2 N–H and O–H groups in total. The lowest BCUT2D eigenvalue weighted by molar-refractivity contribution is -0.120. The fourth-order valence-corrected chi connectivity index (χ4v) is 4.42. The summed E-state index contributed by atoms with van der Waals surface area (Å²) in [4.78, 5) is 15.6. The van der Waals surface area contributed by atoms with Gasteiger partial charge in [-0.3, -0.25) is 4.79 Å². The maximum atomic E-state index is 13.6. The van der Waals surface area contributed by atoms with Gasteiger partial charge in [-0.2, -0.15) is 0 Å². The van der Waals surface area contributed by atoms with Gasteiger partial charge in [-0.05, 0) is 54.0 Å². The van der Waals surface area contributed by atoms with E-state index in [4.69, 9.17) is 5.73 Å². The van der Waals surface area contributed by atoms with Gasteiger partial charge in [0.15, 0.2) is 0 Å². The fraction of sp³-hybridized carbons (Fsp3) is 0.345. The average molecular weight is 427 g/mol. The number of amides is 1. The van der Waals surface area contributed by atoms with Crippen LogP contribution in [-0.4, -0.2) is 18.5 Å². The zero-order valence-electron chi connectivity index (χ0n) is 19.4. The standard InChI is InChI=1S/C29H34N2O/c1-4-21(3)28(30)19-31(25-15-13-23(14-16-25)22-10-6-5-7-11-22)29(32)27-18-26(27)24-12-8-9-20(2)17-24/h5-17,21,26-28H,4,18-19,30H2,1-3H3/t21-,26-,27+,28+/m0/s1. The molecule has 1 amide bonds. The molecule has 3 aromatic rings. The Hall–Kier alpha value is -2.91. The van der Waals surface area contributed by atoms with Crippen LogP contribution in [0.1, 0.15) is 43.7 Å². The highest BCUT2D eigenvalue weighted by Gasteiger charge is 2.46. The fourth-order valence-electron chi connectivity index (χ4n) is 4.42. The molecule has 1 aliphatic rings. The normalized spacial score (nSPS) is 19.2. The molecule has 32 heavy (non-hydrogen) atoms. The van der Waals surface area contributed by atoms with Crippen LogP contribution in [0, 0.1) is 18.8 Å². The number of nitrogens with two attached hydrogens (primary N) is 1.